The van der Waals surface area contributed by atoms with Crippen LogP contribution in [-0.2, 0) is 15.8 Å². The van der Waals surface area contributed by atoms with Crippen molar-refractivity contribution in [1.82, 2.24) is 14.1 Å². The molecule has 12 nitrogen and oxygen atoms in total. The fourth-order valence-electron chi connectivity index (χ4n) is 4.70. The predicted molar refractivity (Wildman–Crippen MR) is 154 cm³/mol. The van der Waals surface area contributed by atoms with Gasteiger partial charge in [-0.1, -0.05) is 30.7 Å². The summed E-state index contributed by atoms with van der Waals surface area (Å²) in [4.78, 5) is 25.4. The number of hydrogen-bond acceptors (Lipinski definition) is 9. The van der Waals surface area contributed by atoms with Gasteiger partial charge in [0.05, 0.1) is 29.2 Å². The first-order valence-electron chi connectivity index (χ1n) is 13.4. The van der Waals surface area contributed by atoms with Crippen molar-refractivity contribution in [3.05, 3.63) is 79.7 Å². The molecule has 1 saturated carbocycles. The summed E-state index contributed by atoms with van der Waals surface area (Å²) >= 11 is 6.11. The molecule has 3 aromatic rings. The molecule has 0 N–H and O–H groups in total. The van der Waals surface area contributed by atoms with Crippen molar-refractivity contribution in [2.75, 3.05) is 37.7 Å². The van der Waals surface area contributed by atoms with Crippen LogP contribution in [0.15, 0.2) is 53.5 Å². The van der Waals surface area contributed by atoms with Gasteiger partial charge in [-0.15, -0.1) is 13.2 Å². The lowest BCUT2D eigenvalue weighted by atomic mass is 10.2. The molecule has 5 rings (SSSR count). The molecule has 0 atom stereocenters. The fourth-order valence-corrected chi connectivity index (χ4v) is 6.39. The zero-order chi connectivity index (χ0) is 31.9. The van der Waals surface area contributed by atoms with E-state index in [0.717, 1.165) is 25.0 Å². The Morgan fingerprint density at radius 3 is 2.43 bits per heavy atom. The minimum absolute atomic E-state index is 0.00421. The normalized spacial score (nSPS) is 16.9. The minimum Gasteiger partial charge on any atom is -0.486 e. The minimum atomic E-state index is -5.21. The van der Waals surface area contributed by atoms with Crippen molar-refractivity contribution in [2.45, 2.75) is 31.9 Å². The van der Waals surface area contributed by atoms with Crippen LogP contribution in [0.25, 0.3) is 5.69 Å². The van der Waals surface area contributed by atoms with Crippen LogP contribution in [0.3, 0.4) is 0 Å². The molecule has 0 spiro atoms. The quantitative estimate of drug-likeness (QED) is 0.228. The second-order valence-corrected chi connectivity index (χ2v) is 13.3. The van der Waals surface area contributed by atoms with Crippen LogP contribution in [0.2, 0.25) is 5.02 Å². The largest absolute Gasteiger partial charge is 0.573 e. The highest BCUT2D eigenvalue weighted by molar-refractivity contribution is 7.88. The van der Waals surface area contributed by atoms with Gasteiger partial charge in [0.25, 0.3) is 0 Å². The number of ether oxygens (including phenoxy) is 2. The molecule has 0 bridgehead atoms. The third-order valence-corrected chi connectivity index (χ3v) is 9.49. The number of aromatic nitrogens is 2. The topological polar surface area (TPSA) is 137 Å². The van der Waals surface area contributed by atoms with Crippen molar-refractivity contribution in [1.29, 1.82) is 0 Å². The maximum atomic E-state index is 13.6. The fraction of sp³-hybridized carbons (Fsp3) is 0.407. The van der Waals surface area contributed by atoms with Crippen LogP contribution in [0.1, 0.15) is 25.3 Å². The maximum Gasteiger partial charge on any atom is 0.573 e. The summed E-state index contributed by atoms with van der Waals surface area (Å²) in [6.07, 6.45) is -1.80. The average Bonchev–Trinajstić information content (AvgIpc) is 3.68. The molecule has 0 amide bonds. The lowest BCUT2D eigenvalue weighted by Crippen LogP contribution is -2.49. The lowest BCUT2D eigenvalue weighted by Gasteiger charge is -2.35. The number of nitrogens with zero attached hydrogens (tertiary/aromatic N) is 5. The van der Waals surface area contributed by atoms with Gasteiger partial charge < -0.3 is 14.4 Å². The van der Waals surface area contributed by atoms with Crippen LogP contribution in [0.4, 0.5) is 24.5 Å². The molecular weight excluding hydrogens is 631 g/mol. The monoisotopic (exact) mass is 657 g/mol. The number of anilines is 1. The van der Waals surface area contributed by atoms with Crippen molar-refractivity contribution < 1.29 is 36.0 Å². The van der Waals surface area contributed by atoms with E-state index in [0.29, 0.717) is 29.1 Å². The van der Waals surface area contributed by atoms with Gasteiger partial charge in [0, 0.05) is 42.7 Å². The molecule has 2 fully saturated rings. The standard InChI is InChI=1S/C27H27ClF3N5O7S/c1-26(7-8-26)17-42-24-22(15-32-35(25(24)37)20-4-2-3-19(28)14-20)33-9-11-34(12-10-33)44(40,41)16-18-5-6-21(36(38)39)23(13-18)43-27(29,30)31/h2-6,13-15H,7-12,16-17H2,1H3. The van der Waals surface area contributed by atoms with E-state index in [1.54, 1.807) is 29.2 Å². The summed E-state index contributed by atoms with van der Waals surface area (Å²) < 4.78 is 76.9. The second-order valence-electron chi connectivity index (χ2n) is 10.9. The van der Waals surface area contributed by atoms with Crippen LogP contribution in [-0.4, -0.2) is 66.6 Å². The molecule has 1 aromatic heterocycles. The number of hydrogen-bond donors (Lipinski definition) is 0. The first-order chi connectivity index (χ1) is 20.6. The van der Waals surface area contributed by atoms with Gasteiger partial charge in [-0.3, -0.25) is 14.9 Å². The van der Waals surface area contributed by atoms with E-state index >= 15 is 0 Å². The van der Waals surface area contributed by atoms with Gasteiger partial charge in [-0.05, 0) is 42.7 Å². The molecule has 0 radical (unpaired) electrons. The van der Waals surface area contributed by atoms with Gasteiger partial charge in [0.1, 0.15) is 5.69 Å². The molecule has 1 aliphatic heterocycles. The zero-order valence-corrected chi connectivity index (χ0v) is 24.9. The Morgan fingerprint density at radius 1 is 1.11 bits per heavy atom. The number of benzene rings is 2. The summed E-state index contributed by atoms with van der Waals surface area (Å²) in [7, 11) is -4.05. The first kappa shape index (κ1) is 31.5. The Kier molecular flexibility index (Phi) is 8.52. The van der Waals surface area contributed by atoms with Gasteiger partial charge in [-0.2, -0.15) is 14.1 Å². The molecule has 17 heteroatoms. The Bertz CT molecular complexity index is 1740. The van der Waals surface area contributed by atoms with Gasteiger partial charge in [-0.25, -0.2) is 8.42 Å². The van der Waals surface area contributed by atoms with Crippen molar-refractivity contribution >= 4 is 33.0 Å². The van der Waals surface area contributed by atoms with E-state index in [-0.39, 0.29) is 42.9 Å². The number of nitro benzene ring substituents is 1. The van der Waals surface area contributed by atoms with E-state index in [1.165, 1.54) is 15.2 Å². The molecule has 1 aliphatic carbocycles. The van der Waals surface area contributed by atoms with Crippen LogP contribution >= 0.6 is 11.6 Å². The van der Waals surface area contributed by atoms with Crippen molar-refractivity contribution in [2.24, 2.45) is 5.41 Å². The smallest absolute Gasteiger partial charge is 0.486 e. The third kappa shape index (κ3) is 7.25. The van der Waals surface area contributed by atoms with Crippen LogP contribution in [0, 0.1) is 15.5 Å². The molecule has 2 aromatic carbocycles. The van der Waals surface area contributed by atoms with E-state index in [1.807, 2.05) is 0 Å². The molecule has 0 unspecified atom stereocenters. The number of sulfonamides is 1. The second kappa shape index (κ2) is 11.9. The number of halogens is 4. The maximum absolute atomic E-state index is 13.6. The van der Waals surface area contributed by atoms with E-state index in [9.17, 15) is 36.5 Å². The predicted octanol–water partition coefficient (Wildman–Crippen LogP) is 4.52. The number of alkyl halides is 3. The van der Waals surface area contributed by atoms with E-state index in [2.05, 4.69) is 16.8 Å². The van der Waals surface area contributed by atoms with Crippen molar-refractivity contribution in [3.63, 3.8) is 0 Å². The summed E-state index contributed by atoms with van der Waals surface area (Å²) in [6, 6.07) is 9.16. The summed E-state index contributed by atoms with van der Waals surface area (Å²) in [6.45, 7) is 2.69. The van der Waals surface area contributed by atoms with Crippen LogP contribution < -0.4 is 19.9 Å². The van der Waals surface area contributed by atoms with E-state index in [4.69, 9.17) is 16.3 Å². The van der Waals surface area contributed by atoms with Gasteiger partial charge in [0.2, 0.25) is 21.5 Å². The molecule has 2 aliphatic rings. The number of nitro groups is 1. The Morgan fingerprint density at radius 2 is 1.82 bits per heavy atom. The van der Waals surface area contributed by atoms with Gasteiger partial charge >= 0.3 is 17.6 Å². The molecule has 44 heavy (non-hydrogen) atoms. The average molecular weight is 658 g/mol. The highest BCUT2D eigenvalue weighted by atomic mass is 35.5. The highest BCUT2D eigenvalue weighted by Gasteiger charge is 2.39. The Hall–Kier alpha value is -3.89. The molecular formula is C27H27ClF3N5O7S. The Balaban J connectivity index is 1.34. The lowest BCUT2D eigenvalue weighted by molar-refractivity contribution is -0.388. The summed E-state index contributed by atoms with van der Waals surface area (Å²) in [5.74, 6) is -1.73. The third-order valence-electron chi connectivity index (χ3n) is 7.40. The molecule has 2 heterocycles. The summed E-state index contributed by atoms with van der Waals surface area (Å²) in [5, 5.41) is 15.9. The van der Waals surface area contributed by atoms with Crippen molar-refractivity contribution in [3.8, 4) is 17.2 Å². The molecule has 236 valence electrons. The zero-order valence-electron chi connectivity index (χ0n) is 23.3. The Labute approximate surface area is 254 Å². The number of piperazine rings is 1. The SMILES string of the molecule is CC1(COc2c(N3CCN(S(=O)(=O)Cc4ccc([N+](=O)[O-])c(OC(F)(F)F)c4)CC3)cnn(-c3cccc(Cl)c3)c2=O)CC1. The van der Waals surface area contributed by atoms with Crippen LogP contribution in [0.5, 0.6) is 11.5 Å². The van der Waals surface area contributed by atoms with Gasteiger partial charge in [0.15, 0.2) is 0 Å². The first-order valence-corrected chi connectivity index (χ1v) is 15.4. The molecule has 1 saturated heterocycles. The number of rotatable bonds is 10. The summed E-state index contributed by atoms with van der Waals surface area (Å²) in [5.41, 5.74) is -0.753. The van der Waals surface area contributed by atoms with E-state index < -0.39 is 44.1 Å². The highest BCUT2D eigenvalue weighted by Crippen LogP contribution is 2.45.